The summed E-state index contributed by atoms with van der Waals surface area (Å²) in [5, 5.41) is 12.0. The Labute approximate surface area is 335 Å². The first-order chi connectivity index (χ1) is 27.3. The number of esters is 8. The molecule has 4 aliphatic rings. The van der Waals surface area contributed by atoms with Crippen molar-refractivity contribution in [2.75, 3.05) is 25.7 Å². The van der Waals surface area contributed by atoms with E-state index in [-0.39, 0.29) is 6.61 Å². The van der Waals surface area contributed by atoms with Crippen LogP contribution in [0.15, 0.2) is 0 Å². The number of aliphatic hydroxyl groups excluding tert-OH is 1. The van der Waals surface area contributed by atoms with Gasteiger partial charge in [0.25, 0.3) is 0 Å². The van der Waals surface area contributed by atoms with Crippen LogP contribution < -0.4 is 0 Å². The third-order valence-electron chi connectivity index (χ3n) is 8.59. The maximum absolute atomic E-state index is 12.7. The third kappa shape index (κ3) is 12.2. The van der Waals surface area contributed by atoms with Crippen LogP contribution in [0.5, 0.6) is 0 Å². The second-order valence-corrected chi connectivity index (χ2v) is 13.5. The first-order valence-corrected chi connectivity index (χ1v) is 18.3. The van der Waals surface area contributed by atoms with Crippen LogP contribution in [-0.2, 0) is 105 Å². The highest BCUT2D eigenvalue weighted by molar-refractivity contribution is 6.26. The molecule has 23 nitrogen and oxygen atoms in total. The van der Waals surface area contributed by atoms with Crippen molar-refractivity contribution < 1.29 is 110 Å². The molecule has 0 amide bonds. The van der Waals surface area contributed by atoms with Gasteiger partial charge in [-0.15, -0.1) is 11.6 Å². The molecule has 0 radical (unpaired) electrons. The predicted octanol–water partition coefficient (Wildman–Crippen LogP) is -1.74. The van der Waals surface area contributed by atoms with Gasteiger partial charge in [0.2, 0.25) is 0 Å². The van der Waals surface area contributed by atoms with E-state index >= 15 is 0 Å². The van der Waals surface area contributed by atoms with Gasteiger partial charge in [0.1, 0.15) is 55.7 Å². The van der Waals surface area contributed by atoms with Gasteiger partial charge in [0.15, 0.2) is 55.5 Å². The first-order valence-electron chi connectivity index (χ1n) is 17.7. The maximum atomic E-state index is 12.7. The van der Waals surface area contributed by atoms with Gasteiger partial charge in [0, 0.05) is 48.5 Å². The average molecular weight is 857 g/mol. The molecule has 24 heteroatoms. The zero-order valence-corrected chi connectivity index (χ0v) is 33.1. The number of aliphatic hydroxyl groups is 1. The molecule has 15 atom stereocenters. The van der Waals surface area contributed by atoms with E-state index in [1.807, 2.05) is 0 Å². The Hall–Kier alpha value is -4.23. The molecule has 0 unspecified atom stereocenters. The number of fused-ring (bicyclic) bond motifs is 2. The number of hydrogen-bond donors (Lipinski definition) is 1. The molecule has 0 aromatic carbocycles. The molecule has 4 rings (SSSR count). The van der Waals surface area contributed by atoms with Crippen LogP contribution in [-0.4, -0.2) is 171 Å². The predicted molar refractivity (Wildman–Crippen MR) is 179 cm³/mol. The van der Waals surface area contributed by atoms with Crippen LogP contribution in [0.1, 0.15) is 48.5 Å². The van der Waals surface area contributed by atoms with Gasteiger partial charge >= 0.3 is 47.8 Å². The quantitative estimate of drug-likeness (QED) is 0.109. The van der Waals surface area contributed by atoms with E-state index in [1.54, 1.807) is 0 Å². The van der Waals surface area contributed by atoms with Crippen molar-refractivity contribution in [2.24, 2.45) is 0 Å². The number of halogens is 1. The largest absolute Gasteiger partial charge is 0.463 e. The Balaban J connectivity index is 1.81. The molecule has 1 N–H and O–H groups in total. The van der Waals surface area contributed by atoms with Crippen molar-refractivity contribution in [1.82, 2.24) is 0 Å². The number of hydrogen-bond acceptors (Lipinski definition) is 23. The van der Waals surface area contributed by atoms with Crippen molar-refractivity contribution in [3.63, 3.8) is 0 Å². The summed E-state index contributed by atoms with van der Waals surface area (Å²) in [6.45, 7) is 5.82. The second kappa shape index (κ2) is 20.6. The van der Waals surface area contributed by atoms with Gasteiger partial charge in [-0.05, 0) is 0 Å². The Morgan fingerprint density at radius 1 is 0.517 bits per heavy atom. The molecule has 4 saturated heterocycles. The van der Waals surface area contributed by atoms with E-state index in [0.717, 1.165) is 48.5 Å². The van der Waals surface area contributed by atoms with Gasteiger partial charge in [-0.25, -0.2) is 0 Å². The summed E-state index contributed by atoms with van der Waals surface area (Å²) < 4.78 is 78.9. The Bertz CT molecular complexity index is 1540. The number of rotatable bonds is 15. The van der Waals surface area contributed by atoms with Crippen LogP contribution in [0.2, 0.25) is 0 Å². The topological polar surface area (TPSA) is 286 Å². The lowest BCUT2D eigenvalue weighted by Crippen LogP contribution is -2.68. The summed E-state index contributed by atoms with van der Waals surface area (Å²) in [5.41, 5.74) is 0. The lowest BCUT2D eigenvalue weighted by atomic mass is 9.95. The molecular formula is C34H45ClO23. The van der Waals surface area contributed by atoms with Gasteiger partial charge in [-0.1, -0.05) is 0 Å². The second-order valence-electron chi connectivity index (χ2n) is 13.2. The van der Waals surface area contributed by atoms with Crippen molar-refractivity contribution in [2.45, 2.75) is 141 Å². The standard InChI is InChI=1S/C34H45ClO23/c1-12(36)45-9-19-24(48-14(3)38)27(23(44)32(53-19)57-26-21-11-47-33(54-21)30(52-18(7)42)29(26)51-17(6)41)58-34-31(56-22(43)8-35)28(50-16(5)40)25(49-15(4)39)20(55-34)10-46-13(2)37/h19-21,23-34,44H,8-11H2,1-7H3/t19-,20-,21-,23+,24-,25-,26-,27-,28+,29+,30-,31+,32+,33-,34-/m1/s1. The normalized spacial score (nSPS) is 35.4. The molecule has 0 aromatic heterocycles. The molecule has 4 heterocycles. The molecule has 0 aromatic rings. The van der Waals surface area contributed by atoms with Crippen LogP contribution in [0.25, 0.3) is 0 Å². The van der Waals surface area contributed by atoms with Crippen molar-refractivity contribution in [3.05, 3.63) is 0 Å². The molecule has 0 saturated carbocycles. The van der Waals surface area contributed by atoms with Crippen molar-refractivity contribution >= 4 is 59.4 Å². The molecule has 2 bridgehead atoms. The molecular weight excluding hydrogens is 812 g/mol. The SMILES string of the molecule is CC(=O)OC[C@H]1O[C@H](O[C@@H]2[C@H](O)[C@H](O[C@H]3[C@H](OC(C)=O)[C@@H](OC(C)=O)[C@@H]4OC[C@H]3O4)O[C@H](COC(C)=O)[C@H]2OC(C)=O)[C@@H](OC(=O)CCl)[C@@H](OC(C)=O)[C@@H]1OC(C)=O. The zero-order chi connectivity index (χ0) is 43.0. The number of carbonyl (C=O) groups excluding carboxylic acids is 8. The fraction of sp³-hybridized carbons (Fsp3) is 0.765. The van der Waals surface area contributed by atoms with E-state index in [9.17, 15) is 43.5 Å². The van der Waals surface area contributed by atoms with Crippen LogP contribution in [0, 0.1) is 0 Å². The Kier molecular flexibility index (Phi) is 16.5. The maximum Gasteiger partial charge on any atom is 0.321 e. The fourth-order valence-electron chi connectivity index (χ4n) is 6.57. The smallest absolute Gasteiger partial charge is 0.321 e. The molecule has 4 fully saturated rings. The monoisotopic (exact) mass is 856 g/mol. The van der Waals surface area contributed by atoms with E-state index in [4.69, 9.17) is 77.9 Å². The summed E-state index contributed by atoms with van der Waals surface area (Å²) in [5.74, 6) is -7.95. The van der Waals surface area contributed by atoms with E-state index in [1.165, 1.54) is 0 Å². The van der Waals surface area contributed by atoms with Crippen LogP contribution in [0.3, 0.4) is 0 Å². The highest BCUT2D eigenvalue weighted by Crippen LogP contribution is 2.38. The van der Waals surface area contributed by atoms with Crippen molar-refractivity contribution in [1.29, 1.82) is 0 Å². The van der Waals surface area contributed by atoms with Gasteiger partial charge < -0.3 is 71.4 Å². The van der Waals surface area contributed by atoms with Gasteiger partial charge in [-0.3, -0.25) is 38.4 Å². The Morgan fingerprint density at radius 2 is 0.948 bits per heavy atom. The minimum atomic E-state index is -2.07. The number of carbonyl (C=O) groups is 8. The molecule has 58 heavy (non-hydrogen) atoms. The lowest BCUT2D eigenvalue weighted by Gasteiger charge is -2.49. The summed E-state index contributed by atoms with van der Waals surface area (Å²) in [7, 11) is 0. The average Bonchev–Trinajstić information content (AvgIpc) is 3.56. The van der Waals surface area contributed by atoms with Gasteiger partial charge in [-0.2, -0.15) is 0 Å². The fourth-order valence-corrected chi connectivity index (χ4v) is 6.64. The highest BCUT2D eigenvalue weighted by Gasteiger charge is 2.60. The third-order valence-corrected chi connectivity index (χ3v) is 8.81. The summed E-state index contributed by atoms with van der Waals surface area (Å²) in [6, 6.07) is 0. The van der Waals surface area contributed by atoms with Crippen LogP contribution in [0.4, 0.5) is 0 Å². The highest BCUT2D eigenvalue weighted by atomic mass is 35.5. The van der Waals surface area contributed by atoms with E-state index < -0.39 is 159 Å². The van der Waals surface area contributed by atoms with Gasteiger partial charge in [0.05, 0.1) is 6.61 Å². The zero-order valence-electron chi connectivity index (χ0n) is 32.3. The minimum Gasteiger partial charge on any atom is -0.463 e. The molecule has 0 aliphatic carbocycles. The molecule has 4 aliphatic heterocycles. The molecule has 326 valence electrons. The minimum absolute atomic E-state index is 0.172. The lowest BCUT2D eigenvalue weighted by molar-refractivity contribution is -0.372. The van der Waals surface area contributed by atoms with Crippen molar-refractivity contribution in [3.8, 4) is 0 Å². The summed E-state index contributed by atoms with van der Waals surface area (Å²) in [6.07, 6.45) is -24.2. The number of alkyl halides is 1. The van der Waals surface area contributed by atoms with E-state index in [0.29, 0.717) is 0 Å². The van der Waals surface area contributed by atoms with Crippen LogP contribution >= 0.6 is 11.6 Å². The first kappa shape index (κ1) is 46.5. The number of ether oxygens (including phenoxy) is 14. The van der Waals surface area contributed by atoms with E-state index in [2.05, 4.69) is 0 Å². The Morgan fingerprint density at radius 3 is 1.43 bits per heavy atom. The molecule has 0 spiro atoms. The summed E-state index contributed by atoms with van der Waals surface area (Å²) in [4.78, 5) is 98.1. The summed E-state index contributed by atoms with van der Waals surface area (Å²) >= 11 is 5.74.